The number of nitrogens with one attached hydrogen (secondary N) is 2. The fourth-order valence-corrected chi connectivity index (χ4v) is 4.46. The molecular formula is C27H28N4O3. The van der Waals surface area contributed by atoms with Gasteiger partial charge in [0.25, 0.3) is 11.5 Å². The van der Waals surface area contributed by atoms with Crippen LogP contribution in [0.4, 0.5) is 11.4 Å². The van der Waals surface area contributed by atoms with Crippen LogP contribution in [0.15, 0.2) is 70.1 Å². The third-order valence-corrected chi connectivity index (χ3v) is 6.53. The number of carbonyl (C=O) groups is 1. The molecule has 1 aliphatic heterocycles. The Morgan fingerprint density at radius 1 is 1.00 bits per heavy atom. The van der Waals surface area contributed by atoms with Crippen molar-refractivity contribution >= 4 is 28.2 Å². The summed E-state index contributed by atoms with van der Waals surface area (Å²) in [4.78, 5) is 32.2. The first-order valence-electron chi connectivity index (χ1n) is 11.5. The monoisotopic (exact) mass is 456 g/mol. The Hall–Kier alpha value is -4.00. The minimum Gasteiger partial charge on any atom is -0.459 e. The predicted octanol–water partition coefficient (Wildman–Crippen LogP) is 4.31. The molecular weight excluding hydrogens is 428 g/mol. The van der Waals surface area contributed by atoms with Gasteiger partial charge in [-0.2, -0.15) is 0 Å². The number of carbonyl (C=O) groups excluding carboxylic acids is 1. The molecule has 7 heteroatoms. The van der Waals surface area contributed by atoms with E-state index in [0.29, 0.717) is 31.0 Å². The quantitative estimate of drug-likeness (QED) is 0.468. The number of fused-ring (bicyclic) bond motifs is 1. The molecule has 2 aromatic heterocycles. The van der Waals surface area contributed by atoms with Gasteiger partial charge in [-0.15, -0.1) is 0 Å². The van der Waals surface area contributed by atoms with E-state index in [9.17, 15) is 9.59 Å². The van der Waals surface area contributed by atoms with E-state index in [-0.39, 0.29) is 11.5 Å². The van der Waals surface area contributed by atoms with E-state index >= 15 is 0 Å². The number of furan rings is 1. The van der Waals surface area contributed by atoms with Gasteiger partial charge in [-0.3, -0.25) is 9.59 Å². The SMILES string of the molecule is Cc1ccc(C)c2[nH]c(=O)c(CNc3ccc(N4CCN(C(=O)c5ccco5)CC4)cc3)cc12. The standard InChI is InChI=1S/C27H28N4O3/c1-18-5-6-19(2)25-23(18)16-20(26(32)29-25)17-28-21-7-9-22(10-8-21)30-11-13-31(14-12-30)27(33)24-4-3-15-34-24/h3-10,15-16,28H,11-14,17H2,1-2H3,(H,29,32). The Kier molecular flexibility index (Phi) is 5.84. The number of benzene rings is 2. The van der Waals surface area contributed by atoms with Crippen molar-refractivity contribution in [2.24, 2.45) is 0 Å². The molecule has 1 aliphatic rings. The number of rotatable bonds is 5. The van der Waals surface area contributed by atoms with Crippen molar-refractivity contribution < 1.29 is 9.21 Å². The van der Waals surface area contributed by atoms with Gasteiger partial charge in [0, 0.05) is 55.0 Å². The molecule has 2 N–H and O–H groups in total. The van der Waals surface area contributed by atoms with Crippen molar-refractivity contribution in [3.05, 3.63) is 93.7 Å². The summed E-state index contributed by atoms with van der Waals surface area (Å²) in [7, 11) is 0. The molecule has 4 aromatic rings. The molecule has 34 heavy (non-hydrogen) atoms. The molecule has 3 heterocycles. The van der Waals surface area contributed by atoms with Gasteiger partial charge in [0.05, 0.1) is 11.8 Å². The third-order valence-electron chi connectivity index (χ3n) is 6.53. The first-order chi connectivity index (χ1) is 16.5. The largest absolute Gasteiger partial charge is 0.459 e. The zero-order valence-electron chi connectivity index (χ0n) is 19.4. The van der Waals surface area contributed by atoms with Crippen molar-refractivity contribution in [2.45, 2.75) is 20.4 Å². The molecule has 0 unspecified atom stereocenters. The molecule has 0 spiro atoms. The first kappa shape index (κ1) is 21.8. The fourth-order valence-electron chi connectivity index (χ4n) is 4.46. The second-order valence-electron chi connectivity index (χ2n) is 8.77. The molecule has 0 radical (unpaired) electrons. The Bertz CT molecular complexity index is 1370. The summed E-state index contributed by atoms with van der Waals surface area (Å²) < 4.78 is 5.23. The summed E-state index contributed by atoms with van der Waals surface area (Å²) in [6.45, 7) is 7.36. The van der Waals surface area contributed by atoms with E-state index in [4.69, 9.17) is 4.42 Å². The van der Waals surface area contributed by atoms with Gasteiger partial charge in [-0.05, 0) is 67.4 Å². The summed E-state index contributed by atoms with van der Waals surface area (Å²) in [5.74, 6) is 0.331. The number of hydrogen-bond donors (Lipinski definition) is 2. The molecule has 0 aliphatic carbocycles. The molecule has 0 bridgehead atoms. The van der Waals surface area contributed by atoms with Crippen LogP contribution in [0.1, 0.15) is 27.2 Å². The molecule has 0 saturated carbocycles. The zero-order valence-corrected chi connectivity index (χ0v) is 19.4. The van der Waals surface area contributed by atoms with E-state index in [1.165, 1.54) is 6.26 Å². The number of H-pyrrole nitrogens is 1. The summed E-state index contributed by atoms with van der Waals surface area (Å²) >= 11 is 0. The van der Waals surface area contributed by atoms with Crippen LogP contribution in [0, 0.1) is 13.8 Å². The van der Waals surface area contributed by atoms with Crippen LogP contribution in [0.2, 0.25) is 0 Å². The summed E-state index contributed by atoms with van der Waals surface area (Å²) in [6, 6.07) is 17.7. The highest BCUT2D eigenvalue weighted by Crippen LogP contribution is 2.22. The minimum atomic E-state index is -0.0627. The highest BCUT2D eigenvalue weighted by atomic mass is 16.3. The van der Waals surface area contributed by atoms with Crippen LogP contribution in [0.3, 0.4) is 0 Å². The van der Waals surface area contributed by atoms with Crippen LogP contribution < -0.4 is 15.8 Å². The topological polar surface area (TPSA) is 81.6 Å². The molecule has 2 aromatic carbocycles. The zero-order chi connectivity index (χ0) is 23.7. The first-order valence-corrected chi connectivity index (χ1v) is 11.5. The highest BCUT2D eigenvalue weighted by Gasteiger charge is 2.23. The fraction of sp³-hybridized carbons (Fsp3) is 0.259. The molecule has 1 amide bonds. The van der Waals surface area contributed by atoms with Crippen molar-refractivity contribution in [1.29, 1.82) is 0 Å². The normalized spacial score (nSPS) is 13.9. The Morgan fingerprint density at radius 2 is 1.74 bits per heavy atom. The number of aromatic nitrogens is 1. The van der Waals surface area contributed by atoms with Gasteiger partial charge in [0.2, 0.25) is 0 Å². The number of anilines is 2. The Morgan fingerprint density at radius 3 is 2.44 bits per heavy atom. The number of piperazine rings is 1. The molecule has 7 nitrogen and oxygen atoms in total. The second-order valence-corrected chi connectivity index (χ2v) is 8.77. The van der Waals surface area contributed by atoms with Crippen LogP contribution in [0.5, 0.6) is 0 Å². The van der Waals surface area contributed by atoms with E-state index in [1.54, 1.807) is 12.1 Å². The van der Waals surface area contributed by atoms with Gasteiger partial charge in [-0.1, -0.05) is 12.1 Å². The van der Waals surface area contributed by atoms with E-state index in [1.807, 2.05) is 36.1 Å². The molecule has 0 atom stereocenters. The van der Waals surface area contributed by atoms with Crippen LogP contribution in [0.25, 0.3) is 10.9 Å². The minimum absolute atomic E-state index is 0.0572. The van der Waals surface area contributed by atoms with Crippen LogP contribution in [-0.4, -0.2) is 42.0 Å². The molecule has 1 saturated heterocycles. The van der Waals surface area contributed by atoms with E-state index < -0.39 is 0 Å². The Labute approximate surface area is 198 Å². The number of amides is 1. The number of nitrogens with zero attached hydrogens (tertiary/aromatic N) is 2. The van der Waals surface area contributed by atoms with Gasteiger partial charge < -0.3 is 24.5 Å². The number of hydrogen-bond acceptors (Lipinski definition) is 5. The lowest BCUT2D eigenvalue weighted by Gasteiger charge is -2.35. The average Bonchev–Trinajstić information content (AvgIpc) is 3.40. The van der Waals surface area contributed by atoms with Gasteiger partial charge in [-0.25, -0.2) is 0 Å². The van der Waals surface area contributed by atoms with Gasteiger partial charge >= 0.3 is 0 Å². The smallest absolute Gasteiger partial charge is 0.289 e. The van der Waals surface area contributed by atoms with Crippen molar-refractivity contribution in [1.82, 2.24) is 9.88 Å². The van der Waals surface area contributed by atoms with E-state index in [0.717, 1.165) is 46.5 Å². The van der Waals surface area contributed by atoms with Crippen molar-refractivity contribution in [3.63, 3.8) is 0 Å². The lowest BCUT2D eigenvalue weighted by Crippen LogP contribution is -2.48. The number of aryl methyl sites for hydroxylation is 2. The van der Waals surface area contributed by atoms with Crippen molar-refractivity contribution in [2.75, 3.05) is 36.4 Å². The molecule has 5 rings (SSSR count). The Balaban J connectivity index is 1.21. The summed E-state index contributed by atoms with van der Waals surface area (Å²) in [5.41, 5.74) is 5.84. The maximum absolute atomic E-state index is 12.6. The lowest BCUT2D eigenvalue weighted by atomic mass is 10.0. The maximum atomic E-state index is 12.6. The lowest BCUT2D eigenvalue weighted by molar-refractivity contribution is 0.0714. The molecule has 174 valence electrons. The van der Waals surface area contributed by atoms with E-state index in [2.05, 4.69) is 40.3 Å². The molecule has 1 fully saturated rings. The number of pyridine rings is 1. The third kappa shape index (κ3) is 4.29. The summed E-state index contributed by atoms with van der Waals surface area (Å²) in [6.07, 6.45) is 1.52. The van der Waals surface area contributed by atoms with Gasteiger partial charge in [0.1, 0.15) is 0 Å². The van der Waals surface area contributed by atoms with Crippen molar-refractivity contribution in [3.8, 4) is 0 Å². The average molecular weight is 457 g/mol. The number of aromatic amines is 1. The maximum Gasteiger partial charge on any atom is 0.289 e. The predicted molar refractivity (Wildman–Crippen MR) is 135 cm³/mol. The van der Waals surface area contributed by atoms with Crippen LogP contribution in [-0.2, 0) is 6.54 Å². The highest BCUT2D eigenvalue weighted by molar-refractivity contribution is 5.91. The summed E-state index contributed by atoms with van der Waals surface area (Å²) in [5, 5.41) is 4.45. The van der Waals surface area contributed by atoms with Gasteiger partial charge in [0.15, 0.2) is 5.76 Å². The van der Waals surface area contributed by atoms with Crippen LogP contribution >= 0.6 is 0 Å². The second kappa shape index (κ2) is 9.09.